The van der Waals surface area contributed by atoms with Gasteiger partial charge in [0.25, 0.3) is 0 Å². The number of hydrogen-bond donors (Lipinski definition) is 3. The first kappa shape index (κ1) is 14.3. The monoisotopic (exact) mass is 268 g/mol. The summed E-state index contributed by atoms with van der Waals surface area (Å²) in [4.78, 5) is 23.2. The van der Waals surface area contributed by atoms with Gasteiger partial charge in [0.15, 0.2) is 0 Å². The molecule has 0 aromatic rings. The molecule has 3 N–H and O–H groups in total. The zero-order valence-corrected chi connectivity index (χ0v) is 11.7. The normalized spacial score (nSPS) is 31.4. The molecule has 0 aromatic heterocycles. The number of piperidine rings is 1. The second kappa shape index (κ2) is 5.49. The average Bonchev–Trinajstić information content (AvgIpc) is 2.37. The van der Waals surface area contributed by atoms with Gasteiger partial charge in [0, 0.05) is 6.04 Å². The van der Waals surface area contributed by atoms with Gasteiger partial charge in [0.2, 0.25) is 5.91 Å². The fraction of sp³-hybridized carbons (Fsp3) is 0.857. The SMILES string of the molecule is CC(C)(NC(=O)C1CCC2CCCCC2N1)C(=O)O. The maximum atomic E-state index is 12.2. The van der Waals surface area contributed by atoms with Crippen molar-refractivity contribution < 1.29 is 14.7 Å². The summed E-state index contributed by atoms with van der Waals surface area (Å²) in [6, 6.07) is 0.198. The van der Waals surface area contributed by atoms with Crippen LogP contribution < -0.4 is 10.6 Å². The van der Waals surface area contributed by atoms with E-state index in [-0.39, 0.29) is 11.9 Å². The molecule has 19 heavy (non-hydrogen) atoms. The van der Waals surface area contributed by atoms with Crippen LogP contribution in [0.3, 0.4) is 0 Å². The lowest BCUT2D eigenvalue weighted by Gasteiger charge is -2.40. The molecule has 3 unspecified atom stereocenters. The van der Waals surface area contributed by atoms with Gasteiger partial charge in [-0.05, 0) is 45.4 Å². The molecule has 2 fully saturated rings. The van der Waals surface area contributed by atoms with Gasteiger partial charge in [-0.1, -0.05) is 12.8 Å². The van der Waals surface area contributed by atoms with E-state index in [2.05, 4.69) is 10.6 Å². The Kier molecular flexibility index (Phi) is 4.13. The van der Waals surface area contributed by atoms with Crippen LogP contribution in [-0.4, -0.2) is 34.6 Å². The van der Waals surface area contributed by atoms with Crippen LogP contribution in [0.4, 0.5) is 0 Å². The molecule has 108 valence electrons. The first-order valence-corrected chi connectivity index (χ1v) is 7.21. The molecule has 1 saturated carbocycles. The number of nitrogens with one attached hydrogen (secondary N) is 2. The Hall–Kier alpha value is -1.10. The Morgan fingerprint density at radius 2 is 1.84 bits per heavy atom. The molecular weight excluding hydrogens is 244 g/mol. The van der Waals surface area contributed by atoms with Gasteiger partial charge in [-0.2, -0.15) is 0 Å². The van der Waals surface area contributed by atoms with Gasteiger partial charge in [-0.3, -0.25) is 4.79 Å². The number of carbonyl (C=O) groups is 2. The Bertz CT molecular complexity index is 368. The Morgan fingerprint density at radius 3 is 2.53 bits per heavy atom. The highest BCUT2D eigenvalue weighted by atomic mass is 16.4. The molecule has 0 radical (unpaired) electrons. The number of carboxylic acids is 1. The van der Waals surface area contributed by atoms with Crippen molar-refractivity contribution in [1.29, 1.82) is 0 Å². The predicted molar refractivity (Wildman–Crippen MR) is 71.8 cm³/mol. The fourth-order valence-corrected chi connectivity index (χ4v) is 3.15. The van der Waals surface area contributed by atoms with Crippen LogP contribution in [0.15, 0.2) is 0 Å². The summed E-state index contributed by atoms with van der Waals surface area (Å²) in [5.41, 5.74) is -1.21. The van der Waals surface area contributed by atoms with E-state index in [1.807, 2.05) is 0 Å². The molecule has 0 aromatic carbocycles. The third-order valence-electron chi connectivity index (χ3n) is 4.44. The maximum absolute atomic E-state index is 12.2. The lowest BCUT2D eigenvalue weighted by atomic mass is 9.77. The summed E-state index contributed by atoms with van der Waals surface area (Å²) in [5, 5.41) is 15.1. The summed E-state index contributed by atoms with van der Waals surface area (Å²) in [6.45, 7) is 3.03. The van der Waals surface area contributed by atoms with E-state index < -0.39 is 11.5 Å². The van der Waals surface area contributed by atoms with E-state index in [1.54, 1.807) is 0 Å². The van der Waals surface area contributed by atoms with Crippen LogP contribution in [0, 0.1) is 5.92 Å². The standard InChI is InChI=1S/C14H24N2O3/c1-14(2,13(18)19)16-12(17)11-8-7-9-5-3-4-6-10(9)15-11/h9-11,15H,3-8H2,1-2H3,(H,16,17)(H,18,19). The molecule has 1 heterocycles. The number of carbonyl (C=O) groups excluding carboxylic acids is 1. The van der Waals surface area contributed by atoms with Crippen molar-refractivity contribution in [2.75, 3.05) is 0 Å². The van der Waals surface area contributed by atoms with Crippen molar-refractivity contribution in [3.63, 3.8) is 0 Å². The van der Waals surface area contributed by atoms with Gasteiger partial charge in [-0.25, -0.2) is 4.79 Å². The molecule has 1 amide bonds. The van der Waals surface area contributed by atoms with Gasteiger partial charge in [0.1, 0.15) is 5.54 Å². The fourth-order valence-electron chi connectivity index (χ4n) is 3.15. The highest BCUT2D eigenvalue weighted by Crippen LogP contribution is 2.32. The second-order valence-corrected chi connectivity index (χ2v) is 6.37. The lowest BCUT2D eigenvalue weighted by Crippen LogP contribution is -2.59. The van der Waals surface area contributed by atoms with E-state index in [0.717, 1.165) is 19.3 Å². The molecule has 1 saturated heterocycles. The minimum Gasteiger partial charge on any atom is -0.480 e. The molecule has 1 aliphatic heterocycles. The van der Waals surface area contributed by atoms with Crippen molar-refractivity contribution in [3.8, 4) is 0 Å². The molecular formula is C14H24N2O3. The summed E-state index contributed by atoms with van der Waals surface area (Å²) in [7, 11) is 0. The predicted octanol–water partition coefficient (Wildman–Crippen LogP) is 1.28. The van der Waals surface area contributed by atoms with Gasteiger partial charge >= 0.3 is 5.97 Å². The van der Waals surface area contributed by atoms with E-state index in [0.29, 0.717) is 12.0 Å². The number of amides is 1. The second-order valence-electron chi connectivity index (χ2n) is 6.37. The van der Waals surface area contributed by atoms with Crippen molar-refractivity contribution >= 4 is 11.9 Å². The summed E-state index contributed by atoms with van der Waals surface area (Å²) >= 11 is 0. The van der Waals surface area contributed by atoms with Crippen molar-refractivity contribution in [2.24, 2.45) is 5.92 Å². The summed E-state index contributed by atoms with van der Waals surface area (Å²) in [5.74, 6) is -0.492. The minimum atomic E-state index is -1.21. The Morgan fingerprint density at radius 1 is 1.16 bits per heavy atom. The van der Waals surface area contributed by atoms with Crippen molar-refractivity contribution in [1.82, 2.24) is 10.6 Å². The maximum Gasteiger partial charge on any atom is 0.328 e. The molecule has 2 aliphatic rings. The van der Waals surface area contributed by atoms with Gasteiger partial charge < -0.3 is 15.7 Å². The zero-order chi connectivity index (χ0) is 14.0. The topological polar surface area (TPSA) is 78.4 Å². The smallest absolute Gasteiger partial charge is 0.328 e. The lowest BCUT2D eigenvalue weighted by molar-refractivity contribution is -0.146. The van der Waals surface area contributed by atoms with Crippen LogP contribution in [-0.2, 0) is 9.59 Å². The average molecular weight is 268 g/mol. The zero-order valence-electron chi connectivity index (χ0n) is 11.7. The number of hydrogen-bond acceptors (Lipinski definition) is 3. The number of aliphatic carboxylic acids is 1. The largest absolute Gasteiger partial charge is 0.480 e. The van der Waals surface area contributed by atoms with E-state index in [1.165, 1.54) is 33.1 Å². The molecule has 2 rings (SSSR count). The van der Waals surface area contributed by atoms with Crippen LogP contribution in [0.5, 0.6) is 0 Å². The van der Waals surface area contributed by atoms with Crippen LogP contribution in [0.2, 0.25) is 0 Å². The van der Waals surface area contributed by atoms with Crippen LogP contribution in [0.1, 0.15) is 52.4 Å². The van der Waals surface area contributed by atoms with Gasteiger partial charge in [0.05, 0.1) is 6.04 Å². The van der Waals surface area contributed by atoms with Crippen LogP contribution >= 0.6 is 0 Å². The highest BCUT2D eigenvalue weighted by Gasteiger charge is 2.37. The minimum absolute atomic E-state index is 0.184. The van der Waals surface area contributed by atoms with Crippen molar-refractivity contribution in [2.45, 2.75) is 70.0 Å². The van der Waals surface area contributed by atoms with E-state index in [4.69, 9.17) is 5.11 Å². The molecule has 0 bridgehead atoms. The van der Waals surface area contributed by atoms with E-state index in [9.17, 15) is 9.59 Å². The molecule has 0 spiro atoms. The third kappa shape index (κ3) is 3.26. The number of rotatable bonds is 3. The first-order chi connectivity index (χ1) is 8.90. The first-order valence-electron chi connectivity index (χ1n) is 7.21. The molecule has 5 nitrogen and oxygen atoms in total. The quantitative estimate of drug-likeness (QED) is 0.720. The molecule has 5 heteroatoms. The third-order valence-corrected chi connectivity index (χ3v) is 4.44. The van der Waals surface area contributed by atoms with Crippen LogP contribution in [0.25, 0.3) is 0 Å². The highest BCUT2D eigenvalue weighted by molar-refractivity contribution is 5.89. The van der Waals surface area contributed by atoms with E-state index >= 15 is 0 Å². The molecule has 1 aliphatic carbocycles. The molecule has 3 atom stereocenters. The Labute approximate surface area is 114 Å². The van der Waals surface area contributed by atoms with Crippen molar-refractivity contribution in [3.05, 3.63) is 0 Å². The Balaban J connectivity index is 1.92. The number of carboxylic acid groups (broad SMARTS) is 1. The summed E-state index contributed by atoms with van der Waals surface area (Å²) in [6.07, 6.45) is 6.80. The summed E-state index contributed by atoms with van der Waals surface area (Å²) < 4.78 is 0. The number of fused-ring (bicyclic) bond motifs is 1. The van der Waals surface area contributed by atoms with Gasteiger partial charge in [-0.15, -0.1) is 0 Å².